The van der Waals surface area contributed by atoms with Crippen molar-refractivity contribution in [2.24, 2.45) is 5.10 Å². The lowest BCUT2D eigenvalue weighted by molar-refractivity contribution is -0.128. The fraction of sp³-hybridized carbons (Fsp3) is 0. The molecule has 3 aromatic carbocycles. The van der Waals surface area contributed by atoms with Gasteiger partial charge in [-0.05, 0) is 53.6 Å². The molecule has 6 heteroatoms. The van der Waals surface area contributed by atoms with Gasteiger partial charge in [-0.2, -0.15) is 5.10 Å². The largest absolute Gasteiger partial charge is 0.451 e. The molecule has 0 spiro atoms. The standard InChI is InChI=1S/C25H18N2O4/c28-24(15-12-18-6-2-1-3-7-18)30-21-13-10-19(11-14-21)17-26-27-25(29)23-16-20-8-4-5-9-22(20)31-23/h1-17H,(H,27,29)/b15-12+,26-17-. The van der Waals surface area contributed by atoms with Crippen LogP contribution >= 0.6 is 0 Å². The number of benzene rings is 3. The average Bonchev–Trinajstić information content (AvgIpc) is 3.24. The minimum Gasteiger partial charge on any atom is -0.451 e. The molecule has 0 unspecified atom stereocenters. The van der Waals surface area contributed by atoms with Crippen LogP contribution in [-0.4, -0.2) is 18.1 Å². The predicted molar refractivity (Wildman–Crippen MR) is 119 cm³/mol. The molecule has 0 atom stereocenters. The summed E-state index contributed by atoms with van der Waals surface area (Å²) in [4.78, 5) is 24.1. The van der Waals surface area contributed by atoms with Gasteiger partial charge in [0.15, 0.2) is 5.76 Å². The second-order valence-corrected chi connectivity index (χ2v) is 6.58. The van der Waals surface area contributed by atoms with Crippen LogP contribution < -0.4 is 10.2 Å². The molecular formula is C25H18N2O4. The minimum atomic E-state index is -0.469. The molecule has 0 aliphatic heterocycles. The maximum atomic E-state index is 12.2. The maximum Gasteiger partial charge on any atom is 0.336 e. The summed E-state index contributed by atoms with van der Waals surface area (Å²) in [6.45, 7) is 0. The molecule has 0 fully saturated rings. The van der Waals surface area contributed by atoms with Crippen LogP contribution in [0.1, 0.15) is 21.7 Å². The molecule has 1 aromatic heterocycles. The van der Waals surface area contributed by atoms with E-state index in [4.69, 9.17) is 9.15 Å². The number of fused-ring (bicyclic) bond motifs is 1. The summed E-state index contributed by atoms with van der Waals surface area (Å²) in [6, 6.07) is 25.3. The van der Waals surface area contributed by atoms with Crippen molar-refractivity contribution in [1.29, 1.82) is 0 Å². The Bertz CT molecular complexity index is 1220. The quantitative estimate of drug-likeness (QED) is 0.163. The number of nitrogens with zero attached hydrogens (tertiary/aromatic N) is 1. The molecule has 4 rings (SSSR count). The Kier molecular flexibility index (Phi) is 6.00. The zero-order valence-electron chi connectivity index (χ0n) is 16.4. The second-order valence-electron chi connectivity index (χ2n) is 6.58. The molecule has 1 amide bonds. The predicted octanol–water partition coefficient (Wildman–Crippen LogP) is 4.82. The molecule has 0 saturated carbocycles. The molecule has 0 saturated heterocycles. The van der Waals surface area contributed by atoms with Gasteiger partial charge in [0.1, 0.15) is 11.3 Å². The highest BCUT2D eigenvalue weighted by molar-refractivity contribution is 5.96. The minimum absolute atomic E-state index is 0.184. The van der Waals surface area contributed by atoms with Crippen LogP contribution in [0.5, 0.6) is 5.75 Å². The first-order valence-corrected chi connectivity index (χ1v) is 9.54. The van der Waals surface area contributed by atoms with E-state index in [9.17, 15) is 9.59 Å². The van der Waals surface area contributed by atoms with Gasteiger partial charge in [0, 0.05) is 11.5 Å². The summed E-state index contributed by atoms with van der Waals surface area (Å²) >= 11 is 0. The van der Waals surface area contributed by atoms with Gasteiger partial charge in [0.2, 0.25) is 0 Å². The topological polar surface area (TPSA) is 80.9 Å². The van der Waals surface area contributed by atoms with Crippen LogP contribution in [-0.2, 0) is 4.79 Å². The fourth-order valence-electron chi connectivity index (χ4n) is 2.81. The Morgan fingerprint density at radius 2 is 1.61 bits per heavy atom. The Balaban J connectivity index is 1.30. The molecule has 1 N–H and O–H groups in total. The Morgan fingerprint density at radius 1 is 0.871 bits per heavy atom. The molecular weight excluding hydrogens is 392 g/mol. The van der Waals surface area contributed by atoms with E-state index in [0.29, 0.717) is 11.3 Å². The SMILES string of the molecule is O=C(/C=C/c1ccccc1)Oc1ccc(/C=N\NC(=O)c2cc3ccccc3o2)cc1. The lowest BCUT2D eigenvalue weighted by atomic mass is 10.2. The highest BCUT2D eigenvalue weighted by atomic mass is 16.5. The van der Waals surface area contributed by atoms with Crippen LogP contribution in [0.15, 0.2) is 101 Å². The Morgan fingerprint density at radius 3 is 2.39 bits per heavy atom. The van der Waals surface area contributed by atoms with Crippen molar-refractivity contribution in [2.45, 2.75) is 0 Å². The lowest BCUT2D eigenvalue weighted by Gasteiger charge is -2.01. The van der Waals surface area contributed by atoms with E-state index in [0.717, 1.165) is 16.5 Å². The number of carbonyl (C=O) groups excluding carboxylic acids is 2. The Hall–Kier alpha value is -4.45. The third kappa shape index (κ3) is 5.33. The van der Waals surface area contributed by atoms with Gasteiger partial charge in [-0.25, -0.2) is 10.2 Å². The number of esters is 1. The van der Waals surface area contributed by atoms with Crippen molar-refractivity contribution in [3.8, 4) is 5.75 Å². The maximum absolute atomic E-state index is 12.2. The van der Waals surface area contributed by atoms with Crippen LogP contribution in [0, 0.1) is 0 Å². The van der Waals surface area contributed by atoms with E-state index in [1.165, 1.54) is 12.3 Å². The third-order valence-corrected chi connectivity index (χ3v) is 4.34. The number of furan rings is 1. The number of para-hydroxylation sites is 1. The van der Waals surface area contributed by atoms with Gasteiger partial charge >= 0.3 is 11.9 Å². The first-order chi connectivity index (χ1) is 15.2. The van der Waals surface area contributed by atoms with Crippen molar-refractivity contribution >= 4 is 35.1 Å². The van der Waals surface area contributed by atoms with Gasteiger partial charge in [-0.3, -0.25) is 4.79 Å². The second kappa shape index (κ2) is 9.37. The van der Waals surface area contributed by atoms with Crippen molar-refractivity contribution in [3.05, 3.63) is 108 Å². The third-order valence-electron chi connectivity index (χ3n) is 4.34. The summed E-state index contributed by atoms with van der Waals surface area (Å²) in [5.74, 6) is -0.318. The summed E-state index contributed by atoms with van der Waals surface area (Å²) in [6.07, 6.45) is 4.55. The first-order valence-electron chi connectivity index (χ1n) is 9.54. The first kappa shape index (κ1) is 19.8. The molecule has 1 heterocycles. The smallest absolute Gasteiger partial charge is 0.336 e. The van der Waals surface area contributed by atoms with Crippen LogP contribution in [0.3, 0.4) is 0 Å². The van der Waals surface area contributed by atoms with E-state index in [1.54, 1.807) is 42.5 Å². The highest BCUT2D eigenvalue weighted by Gasteiger charge is 2.10. The zero-order chi connectivity index (χ0) is 21.5. The molecule has 31 heavy (non-hydrogen) atoms. The molecule has 0 aliphatic rings. The molecule has 0 aliphatic carbocycles. The van der Waals surface area contributed by atoms with E-state index < -0.39 is 11.9 Å². The zero-order valence-corrected chi connectivity index (χ0v) is 16.4. The number of hydrogen-bond donors (Lipinski definition) is 1. The van der Waals surface area contributed by atoms with E-state index in [1.807, 2.05) is 48.5 Å². The van der Waals surface area contributed by atoms with Crippen molar-refractivity contribution in [2.75, 3.05) is 0 Å². The number of carbonyl (C=O) groups is 2. The fourth-order valence-corrected chi connectivity index (χ4v) is 2.81. The van der Waals surface area contributed by atoms with Gasteiger partial charge in [-0.1, -0.05) is 48.5 Å². The molecule has 0 bridgehead atoms. The van der Waals surface area contributed by atoms with Crippen LogP contribution in [0.4, 0.5) is 0 Å². The average molecular weight is 410 g/mol. The molecule has 0 radical (unpaired) electrons. The number of ether oxygens (including phenoxy) is 1. The van der Waals surface area contributed by atoms with Gasteiger partial charge in [-0.15, -0.1) is 0 Å². The number of rotatable bonds is 6. The molecule has 4 aromatic rings. The number of amides is 1. The lowest BCUT2D eigenvalue weighted by Crippen LogP contribution is -2.16. The number of hydrazone groups is 1. The number of hydrogen-bond acceptors (Lipinski definition) is 5. The van der Waals surface area contributed by atoms with Crippen molar-refractivity contribution < 1.29 is 18.7 Å². The van der Waals surface area contributed by atoms with Crippen LogP contribution in [0.25, 0.3) is 17.0 Å². The van der Waals surface area contributed by atoms with Crippen LogP contribution in [0.2, 0.25) is 0 Å². The van der Waals surface area contributed by atoms with E-state index in [2.05, 4.69) is 10.5 Å². The monoisotopic (exact) mass is 410 g/mol. The van der Waals surface area contributed by atoms with Crippen molar-refractivity contribution in [3.63, 3.8) is 0 Å². The van der Waals surface area contributed by atoms with Gasteiger partial charge in [0.05, 0.1) is 6.21 Å². The summed E-state index contributed by atoms with van der Waals surface area (Å²) in [5, 5.41) is 4.79. The van der Waals surface area contributed by atoms with Gasteiger partial charge in [0.25, 0.3) is 0 Å². The molecule has 6 nitrogen and oxygen atoms in total. The summed E-state index contributed by atoms with van der Waals surface area (Å²) < 4.78 is 10.8. The van der Waals surface area contributed by atoms with E-state index >= 15 is 0 Å². The van der Waals surface area contributed by atoms with E-state index in [-0.39, 0.29) is 5.76 Å². The highest BCUT2D eigenvalue weighted by Crippen LogP contribution is 2.18. The Labute approximate surface area is 178 Å². The summed E-state index contributed by atoms with van der Waals surface area (Å²) in [5.41, 5.74) is 4.71. The normalized spacial score (nSPS) is 11.2. The summed E-state index contributed by atoms with van der Waals surface area (Å²) in [7, 11) is 0. The molecule has 152 valence electrons. The van der Waals surface area contributed by atoms with Crippen molar-refractivity contribution in [1.82, 2.24) is 5.43 Å². The number of nitrogens with one attached hydrogen (secondary N) is 1. The van der Waals surface area contributed by atoms with Gasteiger partial charge < -0.3 is 9.15 Å².